The van der Waals surface area contributed by atoms with Crippen LogP contribution in [0.3, 0.4) is 0 Å². The van der Waals surface area contributed by atoms with E-state index in [-0.39, 0.29) is 0 Å². The van der Waals surface area contributed by atoms with Crippen LogP contribution in [0.15, 0.2) is 40.3 Å². The molecule has 17 heavy (non-hydrogen) atoms. The molecule has 0 spiro atoms. The Bertz CT molecular complexity index is 471. The van der Waals surface area contributed by atoms with E-state index < -0.39 is 0 Å². The van der Waals surface area contributed by atoms with Gasteiger partial charge in [0.15, 0.2) is 0 Å². The van der Waals surface area contributed by atoms with E-state index in [1.165, 1.54) is 5.56 Å². The largest absolute Gasteiger partial charge is 0.496 e. The normalized spacial score (nSPS) is 10.5. The van der Waals surface area contributed by atoms with Crippen LogP contribution < -0.4 is 10.5 Å². The van der Waals surface area contributed by atoms with Crippen molar-refractivity contribution in [2.45, 2.75) is 17.5 Å². The number of hydrogen-bond acceptors (Lipinski definition) is 5. The van der Waals surface area contributed by atoms with Crippen molar-refractivity contribution in [3.8, 4) is 5.75 Å². The summed E-state index contributed by atoms with van der Waals surface area (Å²) in [7, 11) is 1.65. The molecule has 0 amide bonds. The van der Waals surface area contributed by atoms with Crippen LogP contribution in [0.2, 0.25) is 0 Å². The number of nitrogens with zero attached hydrogens (tertiary/aromatic N) is 1. The van der Waals surface area contributed by atoms with Gasteiger partial charge in [0.1, 0.15) is 12.0 Å². The third kappa shape index (κ3) is 3.01. The fourth-order valence-electron chi connectivity index (χ4n) is 1.51. The van der Waals surface area contributed by atoms with E-state index in [0.717, 1.165) is 17.1 Å². The quantitative estimate of drug-likeness (QED) is 0.826. The van der Waals surface area contributed by atoms with E-state index in [0.29, 0.717) is 11.8 Å². The SMILES string of the molecule is COc1ccc(CSc2ncco2)cc1CN. The van der Waals surface area contributed by atoms with Crippen molar-refractivity contribution in [3.63, 3.8) is 0 Å². The lowest BCUT2D eigenvalue weighted by molar-refractivity contribution is 0.409. The molecular weight excluding hydrogens is 236 g/mol. The molecule has 0 saturated carbocycles. The standard InChI is InChI=1S/C12H14N2O2S/c1-15-11-3-2-9(6-10(11)7-13)8-17-12-14-4-5-16-12/h2-6H,7-8,13H2,1H3. The lowest BCUT2D eigenvalue weighted by atomic mass is 10.1. The molecule has 4 nitrogen and oxygen atoms in total. The first-order valence-electron chi connectivity index (χ1n) is 5.21. The lowest BCUT2D eigenvalue weighted by Crippen LogP contribution is -2.00. The highest BCUT2D eigenvalue weighted by Crippen LogP contribution is 2.25. The van der Waals surface area contributed by atoms with Gasteiger partial charge in [0.25, 0.3) is 5.22 Å². The van der Waals surface area contributed by atoms with Gasteiger partial charge in [-0.25, -0.2) is 4.98 Å². The van der Waals surface area contributed by atoms with Crippen LogP contribution in [0.1, 0.15) is 11.1 Å². The number of ether oxygens (including phenoxy) is 1. The number of nitrogens with two attached hydrogens (primary N) is 1. The van der Waals surface area contributed by atoms with Gasteiger partial charge in [0.2, 0.25) is 0 Å². The van der Waals surface area contributed by atoms with Gasteiger partial charge in [0, 0.05) is 17.9 Å². The average molecular weight is 250 g/mol. The second kappa shape index (κ2) is 5.75. The molecule has 2 aromatic rings. The second-order valence-corrected chi connectivity index (χ2v) is 4.36. The third-order valence-corrected chi connectivity index (χ3v) is 3.26. The van der Waals surface area contributed by atoms with E-state index in [1.54, 1.807) is 31.3 Å². The van der Waals surface area contributed by atoms with Crippen LogP contribution in [0.5, 0.6) is 5.75 Å². The van der Waals surface area contributed by atoms with Crippen LogP contribution in [-0.4, -0.2) is 12.1 Å². The molecule has 0 bridgehead atoms. The molecule has 1 heterocycles. The Morgan fingerprint density at radius 2 is 2.35 bits per heavy atom. The van der Waals surface area contributed by atoms with Crippen LogP contribution in [-0.2, 0) is 12.3 Å². The minimum atomic E-state index is 0.473. The smallest absolute Gasteiger partial charge is 0.255 e. The molecule has 0 saturated heterocycles. The molecule has 1 aromatic carbocycles. The highest BCUT2D eigenvalue weighted by molar-refractivity contribution is 7.98. The summed E-state index contributed by atoms with van der Waals surface area (Å²) in [5.41, 5.74) is 7.86. The maximum Gasteiger partial charge on any atom is 0.255 e. The first-order valence-corrected chi connectivity index (χ1v) is 6.20. The Balaban J connectivity index is 2.06. The van der Waals surface area contributed by atoms with Crippen molar-refractivity contribution in [2.24, 2.45) is 5.73 Å². The van der Waals surface area contributed by atoms with E-state index in [4.69, 9.17) is 14.9 Å². The summed E-state index contributed by atoms with van der Waals surface area (Å²) in [6.45, 7) is 0.473. The van der Waals surface area contributed by atoms with Gasteiger partial charge in [-0.15, -0.1) is 0 Å². The lowest BCUT2D eigenvalue weighted by Gasteiger charge is -2.08. The molecule has 5 heteroatoms. The number of oxazole rings is 1. The van der Waals surface area contributed by atoms with Crippen LogP contribution in [0, 0.1) is 0 Å². The topological polar surface area (TPSA) is 61.3 Å². The van der Waals surface area contributed by atoms with Gasteiger partial charge < -0.3 is 14.9 Å². The maximum absolute atomic E-state index is 5.67. The molecule has 0 atom stereocenters. The molecule has 2 N–H and O–H groups in total. The van der Waals surface area contributed by atoms with Crippen molar-refractivity contribution in [1.29, 1.82) is 0 Å². The van der Waals surface area contributed by atoms with E-state index in [2.05, 4.69) is 11.1 Å². The minimum absolute atomic E-state index is 0.473. The Morgan fingerprint density at radius 3 is 3.00 bits per heavy atom. The summed E-state index contributed by atoms with van der Waals surface area (Å²) in [6.07, 6.45) is 3.21. The average Bonchev–Trinajstić information content (AvgIpc) is 2.89. The molecule has 0 radical (unpaired) electrons. The number of aromatic nitrogens is 1. The third-order valence-electron chi connectivity index (χ3n) is 2.34. The van der Waals surface area contributed by atoms with Crippen molar-refractivity contribution >= 4 is 11.8 Å². The molecule has 0 aliphatic carbocycles. The number of benzene rings is 1. The Kier molecular flexibility index (Phi) is 4.06. The van der Waals surface area contributed by atoms with Gasteiger partial charge in [-0.3, -0.25) is 0 Å². The highest BCUT2D eigenvalue weighted by Gasteiger charge is 2.04. The van der Waals surface area contributed by atoms with E-state index >= 15 is 0 Å². The predicted molar refractivity (Wildman–Crippen MR) is 66.9 cm³/mol. The summed E-state index contributed by atoms with van der Waals surface area (Å²) in [6, 6.07) is 6.01. The zero-order valence-corrected chi connectivity index (χ0v) is 10.4. The fraction of sp³-hybridized carbons (Fsp3) is 0.250. The number of thioether (sulfide) groups is 1. The zero-order valence-electron chi connectivity index (χ0n) is 9.55. The molecule has 1 aromatic heterocycles. The van der Waals surface area contributed by atoms with Crippen LogP contribution in [0.4, 0.5) is 0 Å². The van der Waals surface area contributed by atoms with Gasteiger partial charge >= 0.3 is 0 Å². The molecule has 0 unspecified atom stereocenters. The van der Waals surface area contributed by atoms with E-state index in [9.17, 15) is 0 Å². The fourth-order valence-corrected chi connectivity index (χ4v) is 2.24. The summed E-state index contributed by atoms with van der Waals surface area (Å²) in [5.74, 6) is 1.63. The van der Waals surface area contributed by atoms with Gasteiger partial charge in [-0.05, 0) is 17.7 Å². The highest BCUT2D eigenvalue weighted by atomic mass is 32.2. The zero-order chi connectivity index (χ0) is 12.1. The molecule has 0 fully saturated rings. The van der Waals surface area contributed by atoms with Crippen LogP contribution in [0.25, 0.3) is 0 Å². The van der Waals surface area contributed by atoms with Gasteiger partial charge in [-0.1, -0.05) is 17.8 Å². The van der Waals surface area contributed by atoms with Crippen molar-refractivity contribution in [2.75, 3.05) is 7.11 Å². The first kappa shape index (κ1) is 12.0. The summed E-state index contributed by atoms with van der Waals surface area (Å²) < 4.78 is 10.4. The summed E-state index contributed by atoms with van der Waals surface area (Å²) in [5, 5.41) is 0.676. The van der Waals surface area contributed by atoms with Crippen molar-refractivity contribution in [1.82, 2.24) is 4.98 Å². The second-order valence-electron chi connectivity index (χ2n) is 3.44. The van der Waals surface area contributed by atoms with E-state index in [1.807, 2.05) is 12.1 Å². The summed E-state index contributed by atoms with van der Waals surface area (Å²) in [4.78, 5) is 4.05. The van der Waals surface area contributed by atoms with Gasteiger partial charge in [0.05, 0.1) is 13.3 Å². The Labute approximate surface area is 104 Å². The van der Waals surface area contributed by atoms with Gasteiger partial charge in [-0.2, -0.15) is 0 Å². The monoisotopic (exact) mass is 250 g/mol. The Morgan fingerprint density at radius 1 is 1.47 bits per heavy atom. The Hall–Kier alpha value is -1.46. The molecular formula is C12H14N2O2S. The molecule has 90 valence electrons. The number of methoxy groups -OCH3 is 1. The molecule has 0 aliphatic heterocycles. The molecule has 2 rings (SSSR count). The predicted octanol–water partition coefficient (Wildman–Crippen LogP) is 2.43. The maximum atomic E-state index is 5.67. The van der Waals surface area contributed by atoms with Crippen LogP contribution >= 0.6 is 11.8 Å². The number of hydrogen-bond donors (Lipinski definition) is 1. The van der Waals surface area contributed by atoms with Crippen molar-refractivity contribution in [3.05, 3.63) is 41.8 Å². The summed E-state index contributed by atoms with van der Waals surface area (Å²) >= 11 is 1.55. The van der Waals surface area contributed by atoms with Crippen molar-refractivity contribution < 1.29 is 9.15 Å². The first-order chi connectivity index (χ1) is 8.33. The molecule has 0 aliphatic rings. The minimum Gasteiger partial charge on any atom is -0.496 e. The number of rotatable bonds is 5.